The van der Waals surface area contributed by atoms with Crippen LogP contribution in [0.2, 0.25) is 0 Å². The van der Waals surface area contributed by atoms with Crippen LogP contribution in [-0.2, 0) is 0 Å². The summed E-state index contributed by atoms with van der Waals surface area (Å²) in [6, 6.07) is -10.5. The number of para-hydroxylation sites is 1. The molecule has 1 atom stereocenters. The van der Waals surface area contributed by atoms with E-state index in [4.69, 9.17) is 32.2 Å². The lowest BCUT2D eigenvalue weighted by atomic mass is 10.1. The number of benzene rings is 2. The van der Waals surface area contributed by atoms with Gasteiger partial charge < -0.3 is 10.1 Å². The SMILES string of the molecule is [2H]c1c([2H])c([2H])c([C@]([2H])(Oc2c([2H])c([2H])c([2H])c([2H])c2C([2H])([2H])[2H])C([2H])([2H])C([2H])([2H])NC([2H])([2H])[2H])c([2H])c1[2H]. The molecule has 1 N–H and O–H groups in total. The molecule has 2 aromatic rings. The maximum absolute atomic E-state index is 8.94. The molecule has 0 fully saturated rings. The van der Waals surface area contributed by atoms with Crippen molar-refractivity contribution in [2.24, 2.45) is 0 Å². The Kier molecular flexibility index (Phi) is 1.13. The monoisotopic (exact) mass is 275 g/mol. The first-order chi connectivity index (χ1) is 17.2. The summed E-state index contributed by atoms with van der Waals surface area (Å²) in [4.78, 5) is 0. The summed E-state index contributed by atoms with van der Waals surface area (Å²) in [5, 5.41) is 1.31. The van der Waals surface area contributed by atoms with Crippen molar-refractivity contribution >= 4 is 0 Å². The van der Waals surface area contributed by atoms with Crippen LogP contribution in [-0.4, -0.2) is 13.5 Å². The second-order valence-corrected chi connectivity index (χ2v) is 3.01. The first-order valence-corrected chi connectivity index (χ1v) is 4.91. The van der Waals surface area contributed by atoms with Crippen molar-refractivity contribution in [3.8, 4) is 5.75 Å². The fourth-order valence-electron chi connectivity index (χ4n) is 1.07. The molecule has 0 aromatic heterocycles. The second kappa shape index (κ2) is 6.95. The van der Waals surface area contributed by atoms with Gasteiger partial charge in [0.25, 0.3) is 0 Å². The molecular formula is C17H21NO. The van der Waals surface area contributed by atoms with E-state index in [2.05, 4.69) is 0 Å². The van der Waals surface area contributed by atoms with E-state index < -0.39 is 104 Å². The van der Waals surface area contributed by atoms with Crippen molar-refractivity contribution in [3.05, 3.63) is 65.5 Å². The molecule has 0 radical (unpaired) electrons. The average Bonchev–Trinajstić information content (AvgIpc) is 2.75. The van der Waals surface area contributed by atoms with Crippen LogP contribution in [0.1, 0.15) is 51.0 Å². The highest BCUT2D eigenvalue weighted by Gasteiger charge is 2.13. The smallest absolute Gasteiger partial charge is 0.125 e. The van der Waals surface area contributed by atoms with E-state index in [-0.39, 0.29) is 0 Å². The van der Waals surface area contributed by atoms with E-state index in [1.807, 2.05) is 0 Å². The Hall–Kier alpha value is -1.80. The number of rotatable bonds is 6. The molecule has 2 rings (SSSR count). The molecule has 100 valence electrons. The van der Waals surface area contributed by atoms with Gasteiger partial charge in [0.2, 0.25) is 0 Å². The molecule has 0 aliphatic heterocycles. The van der Waals surface area contributed by atoms with Crippen LogP contribution in [0.3, 0.4) is 0 Å². The Morgan fingerprint density at radius 2 is 2.05 bits per heavy atom. The highest BCUT2D eigenvalue weighted by molar-refractivity contribution is 5.33. The molecule has 0 saturated heterocycles. The summed E-state index contributed by atoms with van der Waals surface area (Å²) < 4.78 is 164. The molecule has 2 nitrogen and oxygen atoms in total. The second-order valence-electron chi connectivity index (χ2n) is 3.01. The van der Waals surface area contributed by atoms with Crippen molar-refractivity contribution in [1.82, 2.24) is 5.32 Å². The minimum atomic E-state index is -4.08. The largest absolute Gasteiger partial charge is 0.485 e. The third-order valence-electron chi connectivity index (χ3n) is 1.82. The zero-order valence-electron chi connectivity index (χ0n) is 29.4. The third-order valence-corrected chi connectivity index (χ3v) is 1.82. The topological polar surface area (TPSA) is 21.3 Å². The zero-order valence-corrected chi connectivity index (χ0v) is 9.41. The molecule has 0 amide bonds. The lowest BCUT2D eigenvalue weighted by molar-refractivity contribution is 0.193. The Bertz CT molecular complexity index is 1270. The highest BCUT2D eigenvalue weighted by atomic mass is 16.5. The van der Waals surface area contributed by atoms with Gasteiger partial charge in [0.1, 0.15) is 11.8 Å². The van der Waals surface area contributed by atoms with Gasteiger partial charge in [-0.05, 0) is 37.5 Å². The summed E-state index contributed by atoms with van der Waals surface area (Å²) >= 11 is 0. The normalized spacial score (nSPS) is 31.8. The van der Waals surface area contributed by atoms with Gasteiger partial charge in [-0.2, -0.15) is 0 Å². The molecule has 0 unspecified atom stereocenters. The predicted molar refractivity (Wildman–Crippen MR) is 79.5 cm³/mol. The molecule has 2 aromatic carbocycles. The van der Waals surface area contributed by atoms with Crippen LogP contribution in [0.4, 0.5) is 0 Å². The van der Waals surface area contributed by atoms with Crippen molar-refractivity contribution in [2.75, 3.05) is 13.5 Å². The van der Waals surface area contributed by atoms with Gasteiger partial charge in [-0.1, -0.05) is 48.3 Å². The van der Waals surface area contributed by atoms with Gasteiger partial charge in [-0.3, -0.25) is 0 Å². The van der Waals surface area contributed by atoms with Crippen molar-refractivity contribution in [1.29, 1.82) is 0 Å². The third kappa shape index (κ3) is 3.83. The zero-order chi connectivity index (χ0) is 30.8. The molecule has 19 heavy (non-hydrogen) atoms. The molecule has 0 bridgehead atoms. The van der Waals surface area contributed by atoms with Gasteiger partial charge in [0.05, 0.1) is 13.7 Å². The van der Waals surface area contributed by atoms with Crippen LogP contribution in [0.25, 0.3) is 0 Å². The lowest BCUT2D eigenvalue weighted by Gasteiger charge is -2.20. The number of ether oxygens (including phenoxy) is 1. The van der Waals surface area contributed by atoms with Gasteiger partial charge in [-0.15, -0.1) is 0 Å². The minimum absolute atomic E-state index is 1.01. The number of hydrogen-bond acceptors (Lipinski definition) is 2. The molecule has 0 saturated carbocycles. The lowest BCUT2D eigenvalue weighted by Crippen LogP contribution is -2.16. The van der Waals surface area contributed by atoms with Gasteiger partial charge in [0.15, 0.2) is 0 Å². The van der Waals surface area contributed by atoms with Crippen LogP contribution >= 0.6 is 0 Å². The fourth-order valence-corrected chi connectivity index (χ4v) is 1.07. The maximum Gasteiger partial charge on any atom is 0.125 e. The van der Waals surface area contributed by atoms with E-state index in [9.17, 15) is 0 Å². The first kappa shape index (κ1) is 3.09. The molecule has 0 heterocycles. The average molecular weight is 275 g/mol. The maximum atomic E-state index is 8.94. The Morgan fingerprint density at radius 1 is 1.26 bits per heavy atom. The van der Waals surface area contributed by atoms with Crippen LogP contribution < -0.4 is 10.1 Å². The summed E-state index contributed by atoms with van der Waals surface area (Å²) in [5.41, 5.74) is -2.68. The van der Waals surface area contributed by atoms with Crippen molar-refractivity contribution in [3.63, 3.8) is 0 Å². The molecule has 0 spiro atoms. The Morgan fingerprint density at radius 3 is 2.84 bits per heavy atom. The van der Waals surface area contributed by atoms with Gasteiger partial charge in [0, 0.05) is 20.1 Å². The van der Waals surface area contributed by atoms with Crippen LogP contribution in [0, 0.1) is 6.85 Å². The Labute approximate surface area is 143 Å². The predicted octanol–water partition coefficient (Wildman–Crippen LogP) is 3.72. The first-order valence-electron chi connectivity index (χ1n) is 14.9. The standard InChI is InChI=1S/C17H21NO/c1-14-8-6-7-11-16(14)19-17(12-13-18-2)15-9-4-3-5-10-15/h3-11,17-18H,12-13H2,1-2H3/t17-/m1/s1/i1D3,2D3,3D,4D,5D,6D,7D,8D,9D,10D,11D,12D2,13D2,17D. The van der Waals surface area contributed by atoms with Gasteiger partial charge in [-0.25, -0.2) is 0 Å². The minimum Gasteiger partial charge on any atom is -0.485 e. The van der Waals surface area contributed by atoms with E-state index in [0.717, 1.165) is 0 Å². The highest BCUT2D eigenvalue weighted by Crippen LogP contribution is 2.26. The quantitative estimate of drug-likeness (QED) is 0.867. The summed E-state index contributed by atoms with van der Waals surface area (Å²) in [5.74, 6) is -1.41. The summed E-state index contributed by atoms with van der Waals surface area (Å²) in [6.07, 6.45) is -8.05. The molecule has 0 aliphatic rings. The molecule has 0 aliphatic carbocycles. The van der Waals surface area contributed by atoms with E-state index in [0.29, 0.717) is 0 Å². The number of nitrogens with one attached hydrogen (secondary N) is 1. The fraction of sp³-hybridized carbons (Fsp3) is 0.294. The van der Waals surface area contributed by atoms with E-state index >= 15 is 0 Å². The van der Waals surface area contributed by atoms with Gasteiger partial charge >= 0.3 is 0 Å². The van der Waals surface area contributed by atoms with E-state index in [1.54, 1.807) is 0 Å². The van der Waals surface area contributed by atoms with Crippen molar-refractivity contribution in [2.45, 2.75) is 19.3 Å². The number of hydrogen-bond donors (Lipinski definition) is 1. The molecule has 2 heteroatoms. The van der Waals surface area contributed by atoms with Crippen molar-refractivity contribution < 1.29 is 32.2 Å². The van der Waals surface area contributed by atoms with E-state index in [1.165, 1.54) is 5.32 Å². The Balaban J connectivity index is 3.17. The molecular weight excluding hydrogens is 234 g/mol. The summed E-state index contributed by atoms with van der Waals surface area (Å²) in [7, 11) is 0. The van der Waals surface area contributed by atoms with Crippen LogP contribution in [0.5, 0.6) is 5.75 Å². The summed E-state index contributed by atoms with van der Waals surface area (Å²) in [6.45, 7) is -10.7. The van der Waals surface area contributed by atoms with Crippen LogP contribution in [0.15, 0.2) is 54.4 Å².